The smallest absolute Gasteiger partial charge is 0.292 e. The first-order valence-electron chi connectivity index (χ1n) is 5.57. The van der Waals surface area contributed by atoms with Gasteiger partial charge in [0.05, 0.1) is 12.2 Å². The predicted octanol–water partition coefficient (Wildman–Crippen LogP) is 0.581. The standard InChI is InChI=1S/C11H17N3O3/c1-4-12-10(15)7-14(5-2)11(16)9-6-8(3)13-17-9/h6H,4-5,7H2,1-3H3,(H,12,15). The van der Waals surface area contributed by atoms with E-state index < -0.39 is 0 Å². The summed E-state index contributed by atoms with van der Waals surface area (Å²) in [6, 6.07) is 1.56. The fourth-order valence-corrected chi connectivity index (χ4v) is 1.37. The molecule has 0 spiro atoms. The number of aryl methyl sites for hydroxylation is 1. The van der Waals surface area contributed by atoms with Crippen LogP contribution in [-0.2, 0) is 4.79 Å². The number of nitrogens with zero attached hydrogens (tertiary/aromatic N) is 2. The molecule has 0 unspecified atom stereocenters. The fourth-order valence-electron chi connectivity index (χ4n) is 1.37. The molecule has 1 N–H and O–H groups in total. The van der Waals surface area contributed by atoms with E-state index in [1.807, 2.05) is 6.92 Å². The highest BCUT2D eigenvalue weighted by atomic mass is 16.5. The van der Waals surface area contributed by atoms with Crippen LogP contribution in [0.3, 0.4) is 0 Å². The van der Waals surface area contributed by atoms with Crippen LogP contribution in [0.1, 0.15) is 30.1 Å². The quantitative estimate of drug-likeness (QED) is 0.815. The van der Waals surface area contributed by atoms with Gasteiger partial charge in [0.1, 0.15) is 0 Å². The summed E-state index contributed by atoms with van der Waals surface area (Å²) in [5.74, 6) is -0.341. The molecule has 0 fully saturated rings. The highest BCUT2D eigenvalue weighted by molar-refractivity contribution is 5.94. The molecule has 0 aliphatic heterocycles. The lowest BCUT2D eigenvalue weighted by Crippen LogP contribution is -2.40. The Bertz CT molecular complexity index is 400. The number of amides is 2. The van der Waals surface area contributed by atoms with Gasteiger partial charge in [-0.1, -0.05) is 5.16 Å². The molecule has 1 rings (SSSR count). The van der Waals surface area contributed by atoms with E-state index in [0.717, 1.165) is 0 Å². The Labute approximate surface area is 99.9 Å². The minimum atomic E-state index is -0.320. The molecule has 6 heteroatoms. The van der Waals surface area contributed by atoms with Crippen molar-refractivity contribution in [3.05, 3.63) is 17.5 Å². The van der Waals surface area contributed by atoms with Crippen LogP contribution in [0.25, 0.3) is 0 Å². The molecular formula is C11H17N3O3. The SMILES string of the molecule is CCNC(=O)CN(CC)C(=O)c1cc(C)no1. The van der Waals surface area contributed by atoms with Gasteiger partial charge in [-0.15, -0.1) is 0 Å². The maximum Gasteiger partial charge on any atom is 0.292 e. The number of rotatable bonds is 5. The van der Waals surface area contributed by atoms with Crippen LogP contribution in [0.15, 0.2) is 10.6 Å². The zero-order chi connectivity index (χ0) is 12.8. The van der Waals surface area contributed by atoms with Gasteiger partial charge in [-0.3, -0.25) is 9.59 Å². The van der Waals surface area contributed by atoms with E-state index in [2.05, 4.69) is 10.5 Å². The first kappa shape index (κ1) is 13.2. The zero-order valence-electron chi connectivity index (χ0n) is 10.3. The molecule has 0 saturated carbocycles. The highest BCUT2D eigenvalue weighted by Gasteiger charge is 2.20. The number of carbonyl (C=O) groups excluding carboxylic acids is 2. The van der Waals surface area contributed by atoms with Gasteiger partial charge in [0.2, 0.25) is 11.7 Å². The Morgan fingerprint density at radius 2 is 2.18 bits per heavy atom. The van der Waals surface area contributed by atoms with Gasteiger partial charge in [0.15, 0.2) is 0 Å². The van der Waals surface area contributed by atoms with Crippen molar-refractivity contribution in [2.75, 3.05) is 19.6 Å². The Morgan fingerprint density at radius 1 is 1.47 bits per heavy atom. The van der Waals surface area contributed by atoms with Crippen molar-refractivity contribution in [1.29, 1.82) is 0 Å². The van der Waals surface area contributed by atoms with Crippen LogP contribution in [0.2, 0.25) is 0 Å². The number of carbonyl (C=O) groups is 2. The average molecular weight is 239 g/mol. The zero-order valence-corrected chi connectivity index (χ0v) is 10.3. The van der Waals surface area contributed by atoms with Gasteiger partial charge in [-0.2, -0.15) is 0 Å². The molecule has 1 aromatic rings. The van der Waals surface area contributed by atoms with Crippen molar-refractivity contribution in [3.8, 4) is 0 Å². The van der Waals surface area contributed by atoms with Gasteiger partial charge in [0, 0.05) is 19.2 Å². The summed E-state index contributed by atoms with van der Waals surface area (Å²) in [5, 5.41) is 6.29. The lowest BCUT2D eigenvalue weighted by atomic mass is 10.3. The number of likely N-dealkylation sites (N-methyl/N-ethyl adjacent to an activating group) is 2. The van der Waals surface area contributed by atoms with E-state index in [-0.39, 0.29) is 24.1 Å². The van der Waals surface area contributed by atoms with Crippen LogP contribution < -0.4 is 5.32 Å². The minimum absolute atomic E-state index is 0.0307. The van der Waals surface area contributed by atoms with Crippen LogP contribution in [0.4, 0.5) is 0 Å². The van der Waals surface area contributed by atoms with Crippen molar-refractivity contribution in [3.63, 3.8) is 0 Å². The maximum absolute atomic E-state index is 11.9. The molecular weight excluding hydrogens is 222 g/mol. The molecule has 6 nitrogen and oxygen atoms in total. The fraction of sp³-hybridized carbons (Fsp3) is 0.545. The monoisotopic (exact) mass is 239 g/mol. The number of nitrogens with one attached hydrogen (secondary N) is 1. The maximum atomic E-state index is 11.9. The molecule has 1 aromatic heterocycles. The molecule has 0 radical (unpaired) electrons. The lowest BCUT2D eigenvalue weighted by Gasteiger charge is -2.18. The molecule has 2 amide bonds. The third-order valence-electron chi connectivity index (χ3n) is 2.22. The highest BCUT2D eigenvalue weighted by Crippen LogP contribution is 2.06. The molecule has 94 valence electrons. The van der Waals surface area contributed by atoms with Gasteiger partial charge in [-0.25, -0.2) is 0 Å². The predicted molar refractivity (Wildman–Crippen MR) is 61.5 cm³/mol. The van der Waals surface area contributed by atoms with E-state index in [0.29, 0.717) is 18.8 Å². The second-order valence-electron chi connectivity index (χ2n) is 3.61. The molecule has 0 saturated heterocycles. The summed E-state index contributed by atoms with van der Waals surface area (Å²) in [6.07, 6.45) is 0. The summed E-state index contributed by atoms with van der Waals surface area (Å²) >= 11 is 0. The van der Waals surface area contributed by atoms with E-state index in [9.17, 15) is 9.59 Å². The van der Waals surface area contributed by atoms with Crippen LogP contribution in [0.5, 0.6) is 0 Å². The number of hydrogen-bond acceptors (Lipinski definition) is 4. The molecule has 0 bridgehead atoms. The molecule has 0 atom stereocenters. The third kappa shape index (κ3) is 3.58. The van der Waals surface area contributed by atoms with E-state index in [1.165, 1.54) is 4.90 Å². The van der Waals surface area contributed by atoms with E-state index >= 15 is 0 Å². The third-order valence-corrected chi connectivity index (χ3v) is 2.22. The summed E-state index contributed by atoms with van der Waals surface area (Å²) in [5.41, 5.74) is 0.641. The summed E-state index contributed by atoms with van der Waals surface area (Å²) in [7, 11) is 0. The summed E-state index contributed by atoms with van der Waals surface area (Å²) in [6.45, 7) is 6.39. The Hall–Kier alpha value is -1.85. The summed E-state index contributed by atoms with van der Waals surface area (Å²) < 4.78 is 4.88. The second-order valence-corrected chi connectivity index (χ2v) is 3.61. The Morgan fingerprint density at radius 3 is 2.65 bits per heavy atom. The largest absolute Gasteiger partial charge is 0.355 e. The minimum Gasteiger partial charge on any atom is -0.355 e. The van der Waals surface area contributed by atoms with Crippen molar-refractivity contribution in [2.45, 2.75) is 20.8 Å². The van der Waals surface area contributed by atoms with Gasteiger partial charge in [-0.05, 0) is 20.8 Å². The van der Waals surface area contributed by atoms with Crippen LogP contribution >= 0.6 is 0 Å². The van der Waals surface area contributed by atoms with Gasteiger partial charge < -0.3 is 14.7 Å². The van der Waals surface area contributed by atoms with Crippen molar-refractivity contribution in [1.82, 2.24) is 15.4 Å². The summed E-state index contributed by atoms with van der Waals surface area (Å²) in [4.78, 5) is 24.8. The molecule has 1 heterocycles. The van der Waals surface area contributed by atoms with Gasteiger partial charge >= 0.3 is 0 Å². The lowest BCUT2D eigenvalue weighted by molar-refractivity contribution is -0.121. The van der Waals surface area contributed by atoms with Crippen LogP contribution in [-0.4, -0.2) is 41.5 Å². The first-order chi connectivity index (χ1) is 8.08. The normalized spacial score (nSPS) is 10.1. The Balaban J connectivity index is 2.67. The van der Waals surface area contributed by atoms with Crippen LogP contribution in [0, 0.1) is 6.92 Å². The number of hydrogen-bond donors (Lipinski definition) is 1. The second kappa shape index (κ2) is 6.03. The number of aromatic nitrogens is 1. The molecule has 0 aliphatic rings. The van der Waals surface area contributed by atoms with E-state index in [1.54, 1.807) is 19.9 Å². The van der Waals surface area contributed by atoms with E-state index in [4.69, 9.17) is 4.52 Å². The molecule has 17 heavy (non-hydrogen) atoms. The molecule has 0 aliphatic carbocycles. The average Bonchev–Trinajstić information content (AvgIpc) is 2.72. The van der Waals surface area contributed by atoms with Crippen molar-refractivity contribution >= 4 is 11.8 Å². The Kier molecular flexibility index (Phi) is 4.68. The van der Waals surface area contributed by atoms with Crippen molar-refractivity contribution in [2.24, 2.45) is 0 Å². The van der Waals surface area contributed by atoms with Crippen molar-refractivity contribution < 1.29 is 14.1 Å². The molecule has 0 aromatic carbocycles. The van der Waals surface area contributed by atoms with Gasteiger partial charge in [0.25, 0.3) is 5.91 Å². The first-order valence-corrected chi connectivity index (χ1v) is 5.57. The topological polar surface area (TPSA) is 75.4 Å².